The number of hydrogen-bond donors (Lipinski definition) is 2. The first-order valence-electron chi connectivity index (χ1n) is 13.6. The van der Waals surface area contributed by atoms with Gasteiger partial charge < -0.3 is 14.9 Å². The van der Waals surface area contributed by atoms with E-state index < -0.39 is 17.8 Å². The van der Waals surface area contributed by atoms with Crippen molar-refractivity contribution >= 4 is 11.8 Å². The van der Waals surface area contributed by atoms with Crippen molar-refractivity contribution in [3.63, 3.8) is 0 Å². The molecule has 2 N–H and O–H groups in total. The van der Waals surface area contributed by atoms with Gasteiger partial charge in [0.25, 0.3) is 0 Å². The van der Waals surface area contributed by atoms with E-state index in [1.165, 1.54) is 6.92 Å². The number of aliphatic hydroxyl groups excluding tert-OH is 1. The Morgan fingerprint density at radius 2 is 1.74 bits per heavy atom. The maximum atomic E-state index is 12.2. The Labute approximate surface area is 205 Å². The Morgan fingerprint density at radius 3 is 2.38 bits per heavy atom. The molecule has 10 unspecified atom stereocenters. The summed E-state index contributed by atoms with van der Waals surface area (Å²) in [6.45, 7) is 12.2. The summed E-state index contributed by atoms with van der Waals surface area (Å²) in [4.78, 5) is 24.2. The highest BCUT2D eigenvalue weighted by Gasteiger charge is 2.68. The lowest BCUT2D eigenvalue weighted by molar-refractivity contribution is -0.269. The average molecular weight is 475 g/mol. The van der Waals surface area contributed by atoms with E-state index in [9.17, 15) is 19.8 Å². The van der Waals surface area contributed by atoms with Crippen LogP contribution in [0, 0.1) is 46.3 Å². The van der Waals surface area contributed by atoms with Crippen LogP contribution in [0.3, 0.4) is 0 Å². The third-order valence-corrected chi connectivity index (χ3v) is 11.0. The Bertz CT molecular complexity index is 834. The number of carbonyl (C=O) groups is 2. The molecule has 0 aromatic carbocycles. The van der Waals surface area contributed by atoms with Crippen LogP contribution in [0.2, 0.25) is 0 Å². The highest BCUT2D eigenvalue weighted by atomic mass is 16.6. The van der Waals surface area contributed by atoms with Gasteiger partial charge in [0.1, 0.15) is 11.7 Å². The quantitative estimate of drug-likeness (QED) is 0.429. The smallest absolute Gasteiger partial charge is 0.303 e. The van der Waals surface area contributed by atoms with Gasteiger partial charge in [-0.3, -0.25) is 9.59 Å². The topological polar surface area (TPSA) is 83.8 Å². The van der Waals surface area contributed by atoms with E-state index in [0.717, 1.165) is 32.1 Å². The zero-order chi connectivity index (χ0) is 25.1. The van der Waals surface area contributed by atoms with Crippen LogP contribution < -0.4 is 0 Å². The summed E-state index contributed by atoms with van der Waals surface area (Å²) in [5.41, 5.74) is -1.34. The van der Waals surface area contributed by atoms with Gasteiger partial charge in [0.05, 0.1) is 6.10 Å². The molecule has 4 fully saturated rings. The molecule has 4 saturated carbocycles. The fourth-order valence-electron chi connectivity index (χ4n) is 9.06. The van der Waals surface area contributed by atoms with Crippen LogP contribution in [0.1, 0.15) is 92.9 Å². The van der Waals surface area contributed by atoms with E-state index in [0.29, 0.717) is 48.9 Å². The second-order valence-corrected chi connectivity index (χ2v) is 13.0. The van der Waals surface area contributed by atoms with E-state index in [4.69, 9.17) is 4.74 Å². The molecule has 10 atom stereocenters. The van der Waals surface area contributed by atoms with Crippen molar-refractivity contribution in [1.82, 2.24) is 0 Å². The molecule has 0 spiro atoms. The standard InChI is InChI=1S/C29H46O5/c1-17(2)25(32)10-7-18(3)22-8-9-23-21-15-26(34-19(4)30)29(33)16-20(31)11-14-28(29,6)24(21)12-13-27(22,23)5/h7,10,17-18,20-24,26,31,33H,8-9,11-16H2,1-6H3. The van der Waals surface area contributed by atoms with E-state index in [2.05, 4.69) is 26.8 Å². The molecule has 0 aromatic rings. The lowest BCUT2D eigenvalue weighted by Gasteiger charge is -2.65. The second-order valence-electron chi connectivity index (χ2n) is 13.0. The van der Waals surface area contributed by atoms with Crippen molar-refractivity contribution in [2.75, 3.05) is 0 Å². The highest BCUT2D eigenvalue weighted by molar-refractivity contribution is 5.91. The number of aliphatic hydroxyl groups is 2. The van der Waals surface area contributed by atoms with Crippen LogP contribution in [-0.4, -0.2) is 39.8 Å². The minimum absolute atomic E-state index is 0.0276. The molecule has 0 radical (unpaired) electrons. The summed E-state index contributed by atoms with van der Waals surface area (Å²) in [5.74, 6) is 2.06. The Kier molecular flexibility index (Phi) is 6.87. The van der Waals surface area contributed by atoms with Crippen molar-refractivity contribution < 1.29 is 24.5 Å². The van der Waals surface area contributed by atoms with Crippen molar-refractivity contribution in [2.45, 2.75) is 111 Å². The molecule has 0 amide bonds. The second kappa shape index (κ2) is 9.03. The minimum Gasteiger partial charge on any atom is -0.459 e. The number of rotatable bonds is 5. The van der Waals surface area contributed by atoms with Gasteiger partial charge in [0, 0.05) is 24.7 Å². The van der Waals surface area contributed by atoms with Crippen LogP contribution in [-0.2, 0) is 14.3 Å². The van der Waals surface area contributed by atoms with Gasteiger partial charge in [-0.1, -0.05) is 40.7 Å². The van der Waals surface area contributed by atoms with Crippen LogP contribution in [0.25, 0.3) is 0 Å². The lowest BCUT2D eigenvalue weighted by atomic mass is 9.42. The number of fused-ring (bicyclic) bond motifs is 5. The third kappa shape index (κ3) is 3.99. The van der Waals surface area contributed by atoms with Crippen LogP contribution in [0.5, 0.6) is 0 Å². The summed E-state index contributed by atoms with van der Waals surface area (Å²) < 4.78 is 5.82. The SMILES string of the molecule is CC(=O)OC1CC2C3CCC(C(C)C=CC(=O)C(C)C)C3(C)CCC2C2(C)CCC(O)CC12O. The van der Waals surface area contributed by atoms with Crippen molar-refractivity contribution in [1.29, 1.82) is 0 Å². The molecule has 4 aliphatic rings. The first kappa shape index (κ1) is 25.9. The first-order chi connectivity index (χ1) is 15.8. The van der Waals surface area contributed by atoms with E-state index in [1.54, 1.807) is 6.08 Å². The maximum Gasteiger partial charge on any atom is 0.303 e. The molecular formula is C29H46O5. The minimum atomic E-state index is -1.17. The summed E-state index contributed by atoms with van der Waals surface area (Å²) >= 11 is 0. The monoisotopic (exact) mass is 474 g/mol. The van der Waals surface area contributed by atoms with E-state index in [-0.39, 0.29) is 28.5 Å². The Hall–Kier alpha value is -1.20. The molecule has 4 aliphatic carbocycles. The van der Waals surface area contributed by atoms with Crippen LogP contribution >= 0.6 is 0 Å². The fraction of sp³-hybridized carbons (Fsp3) is 0.862. The number of ketones is 1. The zero-order valence-electron chi connectivity index (χ0n) is 22.0. The van der Waals surface area contributed by atoms with Gasteiger partial charge in [-0.2, -0.15) is 0 Å². The molecule has 5 heteroatoms. The Balaban J connectivity index is 1.62. The number of hydrogen-bond acceptors (Lipinski definition) is 5. The zero-order valence-corrected chi connectivity index (χ0v) is 22.0. The Morgan fingerprint density at radius 1 is 1.03 bits per heavy atom. The van der Waals surface area contributed by atoms with Crippen LogP contribution in [0.15, 0.2) is 12.2 Å². The molecular weight excluding hydrogens is 428 g/mol. The normalized spacial score (nSPS) is 47.1. The maximum absolute atomic E-state index is 12.2. The summed E-state index contributed by atoms with van der Waals surface area (Å²) in [6.07, 6.45) is 9.79. The number of esters is 1. The first-order valence-corrected chi connectivity index (χ1v) is 13.6. The van der Waals surface area contributed by atoms with Crippen molar-refractivity contribution in [3.8, 4) is 0 Å². The van der Waals surface area contributed by atoms with E-state index in [1.807, 2.05) is 13.8 Å². The van der Waals surface area contributed by atoms with Crippen molar-refractivity contribution in [2.24, 2.45) is 46.3 Å². The fourth-order valence-corrected chi connectivity index (χ4v) is 9.06. The summed E-state index contributed by atoms with van der Waals surface area (Å²) in [6, 6.07) is 0. The lowest BCUT2D eigenvalue weighted by Crippen LogP contribution is -2.69. The average Bonchev–Trinajstić information content (AvgIpc) is 3.10. The largest absolute Gasteiger partial charge is 0.459 e. The van der Waals surface area contributed by atoms with E-state index >= 15 is 0 Å². The number of allylic oxidation sites excluding steroid dienone is 2. The van der Waals surface area contributed by atoms with Gasteiger partial charge in [-0.25, -0.2) is 0 Å². The number of carbonyl (C=O) groups excluding carboxylic acids is 2. The highest BCUT2D eigenvalue weighted by Crippen LogP contribution is 2.69. The molecule has 34 heavy (non-hydrogen) atoms. The molecule has 0 aromatic heterocycles. The molecule has 192 valence electrons. The van der Waals surface area contributed by atoms with Gasteiger partial charge in [-0.05, 0) is 86.0 Å². The molecule has 0 heterocycles. The summed E-state index contributed by atoms with van der Waals surface area (Å²) in [5, 5.41) is 22.5. The van der Waals surface area contributed by atoms with Gasteiger partial charge >= 0.3 is 5.97 Å². The van der Waals surface area contributed by atoms with Gasteiger partial charge in [0.15, 0.2) is 5.78 Å². The van der Waals surface area contributed by atoms with Crippen molar-refractivity contribution in [3.05, 3.63) is 12.2 Å². The van der Waals surface area contributed by atoms with Gasteiger partial charge in [0.2, 0.25) is 0 Å². The summed E-state index contributed by atoms with van der Waals surface area (Å²) in [7, 11) is 0. The molecule has 0 saturated heterocycles. The predicted molar refractivity (Wildman–Crippen MR) is 132 cm³/mol. The molecule has 0 bridgehead atoms. The predicted octanol–water partition coefficient (Wildman–Crippen LogP) is 5.08. The molecule has 0 aliphatic heterocycles. The third-order valence-electron chi connectivity index (χ3n) is 11.0. The number of ether oxygens (including phenoxy) is 1. The molecule has 4 rings (SSSR count). The van der Waals surface area contributed by atoms with Crippen LogP contribution in [0.4, 0.5) is 0 Å². The molecule has 5 nitrogen and oxygen atoms in total. The van der Waals surface area contributed by atoms with Gasteiger partial charge in [-0.15, -0.1) is 0 Å².